The van der Waals surface area contributed by atoms with E-state index in [4.69, 9.17) is 16.3 Å². The van der Waals surface area contributed by atoms with Gasteiger partial charge in [0.2, 0.25) is 0 Å². The topological polar surface area (TPSA) is 43.4 Å². The Kier molecular flexibility index (Phi) is 3.71. The molecular formula is C16H15ClF2O3. The fraction of sp³-hybridized carbons (Fsp3) is 0.500. The van der Waals surface area contributed by atoms with Crippen LogP contribution in [0.3, 0.4) is 0 Å². The van der Waals surface area contributed by atoms with Crippen molar-refractivity contribution in [1.82, 2.24) is 0 Å². The van der Waals surface area contributed by atoms with Crippen molar-refractivity contribution in [2.75, 3.05) is 7.11 Å². The quantitative estimate of drug-likeness (QED) is 0.628. The fourth-order valence-corrected chi connectivity index (χ4v) is 3.60. The summed E-state index contributed by atoms with van der Waals surface area (Å²) in [5.41, 5.74) is 0.480. The number of methoxy groups -OCH3 is 1. The van der Waals surface area contributed by atoms with Crippen LogP contribution >= 0.6 is 11.6 Å². The number of carbonyl (C=O) groups excluding carboxylic acids is 2. The molecule has 3 rings (SSSR count). The molecule has 1 aromatic rings. The van der Waals surface area contributed by atoms with Gasteiger partial charge in [-0.05, 0) is 30.5 Å². The van der Waals surface area contributed by atoms with Crippen molar-refractivity contribution < 1.29 is 23.1 Å². The smallest absolute Gasteiger partial charge is 0.320 e. The Labute approximate surface area is 131 Å². The van der Waals surface area contributed by atoms with Crippen LogP contribution in [0.5, 0.6) is 0 Å². The monoisotopic (exact) mass is 328 g/mol. The van der Waals surface area contributed by atoms with Crippen LogP contribution in [0, 0.1) is 17.8 Å². The summed E-state index contributed by atoms with van der Waals surface area (Å²) in [7, 11) is 1.21. The second kappa shape index (κ2) is 5.30. The zero-order valence-electron chi connectivity index (χ0n) is 11.9. The van der Waals surface area contributed by atoms with Crippen LogP contribution in [0.1, 0.15) is 24.3 Å². The van der Waals surface area contributed by atoms with Crippen LogP contribution < -0.4 is 0 Å². The molecule has 0 saturated heterocycles. The predicted molar refractivity (Wildman–Crippen MR) is 75.9 cm³/mol. The van der Waals surface area contributed by atoms with E-state index < -0.39 is 35.6 Å². The number of rotatable bonds is 4. The molecular weight excluding hydrogens is 314 g/mol. The molecule has 3 unspecified atom stereocenters. The van der Waals surface area contributed by atoms with Crippen LogP contribution in [0.4, 0.5) is 8.78 Å². The second-order valence-corrected chi connectivity index (χ2v) is 6.40. The lowest BCUT2D eigenvalue weighted by atomic mass is 9.85. The minimum atomic E-state index is -2.63. The van der Waals surface area contributed by atoms with Crippen LogP contribution in [0.15, 0.2) is 24.3 Å². The average molecular weight is 329 g/mol. The molecule has 2 aliphatic rings. The van der Waals surface area contributed by atoms with E-state index in [-0.39, 0.29) is 18.6 Å². The van der Waals surface area contributed by atoms with E-state index in [1.54, 1.807) is 24.3 Å². The zero-order valence-corrected chi connectivity index (χ0v) is 12.6. The van der Waals surface area contributed by atoms with Crippen LogP contribution in [-0.4, -0.2) is 24.8 Å². The number of benzene rings is 1. The molecule has 22 heavy (non-hydrogen) atoms. The maximum absolute atomic E-state index is 13.3. The Hall–Kier alpha value is -1.49. The molecule has 0 aromatic heterocycles. The summed E-state index contributed by atoms with van der Waals surface area (Å²) < 4.78 is 31.2. The molecule has 1 aromatic carbocycles. The van der Waals surface area contributed by atoms with Gasteiger partial charge in [0.25, 0.3) is 5.92 Å². The van der Waals surface area contributed by atoms with Gasteiger partial charge in [0.05, 0.1) is 7.11 Å². The summed E-state index contributed by atoms with van der Waals surface area (Å²) in [6, 6.07) is 6.35. The van der Waals surface area contributed by atoms with E-state index in [9.17, 15) is 18.4 Å². The van der Waals surface area contributed by atoms with Gasteiger partial charge in [0.1, 0.15) is 5.92 Å². The van der Waals surface area contributed by atoms with Gasteiger partial charge in [-0.1, -0.05) is 23.7 Å². The molecule has 3 atom stereocenters. The van der Waals surface area contributed by atoms with Crippen molar-refractivity contribution in [2.45, 2.75) is 24.7 Å². The van der Waals surface area contributed by atoms with Crippen LogP contribution in [0.25, 0.3) is 0 Å². The lowest BCUT2D eigenvalue weighted by Crippen LogP contribution is -2.29. The second-order valence-electron chi connectivity index (χ2n) is 5.97. The molecule has 0 spiro atoms. The van der Waals surface area contributed by atoms with E-state index in [0.717, 1.165) is 0 Å². The maximum Gasteiger partial charge on any atom is 0.320 e. The largest absolute Gasteiger partial charge is 0.468 e. The first-order chi connectivity index (χ1) is 10.4. The van der Waals surface area contributed by atoms with Crippen molar-refractivity contribution in [2.24, 2.45) is 17.8 Å². The number of hydrogen-bond acceptors (Lipinski definition) is 3. The van der Waals surface area contributed by atoms with Crippen LogP contribution in [-0.2, 0) is 14.3 Å². The molecule has 0 heterocycles. The SMILES string of the molecule is COC(=O)C(C(=O)C1CC2C(C1)C2(F)F)c1ccc(Cl)cc1. The summed E-state index contributed by atoms with van der Waals surface area (Å²) in [4.78, 5) is 24.6. The van der Waals surface area contributed by atoms with Crippen molar-refractivity contribution in [3.63, 3.8) is 0 Å². The minimum absolute atomic E-state index is 0.150. The van der Waals surface area contributed by atoms with Crippen molar-refractivity contribution in [3.8, 4) is 0 Å². The molecule has 3 nitrogen and oxygen atoms in total. The van der Waals surface area contributed by atoms with E-state index in [1.165, 1.54) is 7.11 Å². The summed E-state index contributed by atoms with van der Waals surface area (Å²) in [5, 5.41) is 0.488. The summed E-state index contributed by atoms with van der Waals surface area (Å²) in [5.74, 6) is -6.61. The number of hydrogen-bond donors (Lipinski definition) is 0. The third-order valence-electron chi connectivity index (χ3n) is 4.77. The van der Waals surface area contributed by atoms with Gasteiger partial charge in [-0.3, -0.25) is 9.59 Å². The zero-order chi connectivity index (χ0) is 16.1. The van der Waals surface area contributed by atoms with Gasteiger partial charge in [0, 0.05) is 22.8 Å². The van der Waals surface area contributed by atoms with Gasteiger partial charge in [-0.15, -0.1) is 0 Å². The highest BCUT2D eigenvalue weighted by Crippen LogP contribution is 2.66. The summed E-state index contributed by atoms with van der Waals surface area (Å²) in [6.07, 6.45) is 0.301. The van der Waals surface area contributed by atoms with Gasteiger partial charge < -0.3 is 4.74 Å². The standard InChI is InChI=1S/C16H15ClF2O3/c1-22-15(21)13(8-2-4-10(17)5-3-8)14(20)9-6-11-12(7-9)16(11,18)19/h2-5,9,11-13H,6-7H2,1H3. The van der Waals surface area contributed by atoms with Gasteiger partial charge in [-0.2, -0.15) is 0 Å². The number of Topliss-reactive ketones (excluding diaryl/α,β-unsaturated/α-hetero) is 1. The van der Waals surface area contributed by atoms with E-state index in [0.29, 0.717) is 10.6 Å². The maximum atomic E-state index is 13.3. The van der Waals surface area contributed by atoms with Crippen molar-refractivity contribution >= 4 is 23.4 Å². The highest BCUT2D eigenvalue weighted by molar-refractivity contribution is 6.30. The third-order valence-corrected chi connectivity index (χ3v) is 5.02. The number of fused-ring (bicyclic) bond motifs is 1. The predicted octanol–water partition coefficient (Wildman–Crippen LogP) is 3.46. The van der Waals surface area contributed by atoms with Crippen molar-refractivity contribution in [1.29, 1.82) is 0 Å². The summed E-state index contributed by atoms with van der Waals surface area (Å²) in [6.45, 7) is 0. The Morgan fingerprint density at radius 1 is 1.23 bits per heavy atom. The van der Waals surface area contributed by atoms with E-state index >= 15 is 0 Å². The molecule has 0 N–H and O–H groups in total. The highest BCUT2D eigenvalue weighted by atomic mass is 35.5. The lowest BCUT2D eigenvalue weighted by molar-refractivity contribution is -0.146. The molecule has 0 aliphatic heterocycles. The van der Waals surface area contributed by atoms with Crippen LogP contribution in [0.2, 0.25) is 5.02 Å². The lowest BCUT2D eigenvalue weighted by Gasteiger charge is -2.20. The van der Waals surface area contributed by atoms with Gasteiger partial charge >= 0.3 is 5.97 Å². The summed E-state index contributed by atoms with van der Waals surface area (Å²) >= 11 is 5.81. The molecule has 118 valence electrons. The first kappa shape index (κ1) is 15.4. The van der Waals surface area contributed by atoms with Crippen molar-refractivity contribution in [3.05, 3.63) is 34.9 Å². The molecule has 2 fully saturated rings. The molecule has 2 aliphatic carbocycles. The molecule has 0 radical (unpaired) electrons. The number of alkyl halides is 2. The number of ether oxygens (including phenoxy) is 1. The normalized spacial score (nSPS) is 29.5. The molecule has 6 heteroatoms. The fourth-order valence-electron chi connectivity index (χ4n) is 3.47. The number of halogens is 3. The Morgan fingerprint density at radius 2 is 1.77 bits per heavy atom. The number of esters is 1. The molecule has 0 amide bonds. The highest BCUT2D eigenvalue weighted by Gasteiger charge is 2.72. The Bertz CT molecular complexity index is 600. The Morgan fingerprint density at radius 3 is 2.27 bits per heavy atom. The number of carbonyl (C=O) groups is 2. The van der Waals surface area contributed by atoms with Gasteiger partial charge in [0.15, 0.2) is 5.78 Å². The Balaban J connectivity index is 1.80. The first-order valence-corrected chi connectivity index (χ1v) is 7.49. The third kappa shape index (κ3) is 2.41. The number of ketones is 1. The minimum Gasteiger partial charge on any atom is -0.468 e. The first-order valence-electron chi connectivity index (χ1n) is 7.11. The van der Waals surface area contributed by atoms with Gasteiger partial charge in [-0.25, -0.2) is 8.78 Å². The molecule has 2 saturated carbocycles. The average Bonchev–Trinajstić information content (AvgIpc) is 2.87. The van der Waals surface area contributed by atoms with E-state index in [2.05, 4.69) is 0 Å². The van der Waals surface area contributed by atoms with E-state index in [1.807, 2.05) is 0 Å². The molecule has 0 bridgehead atoms.